The van der Waals surface area contributed by atoms with Crippen LogP contribution in [0.5, 0.6) is 11.5 Å². The molecule has 0 fully saturated rings. The van der Waals surface area contributed by atoms with Gasteiger partial charge in [0.05, 0.1) is 18.3 Å². The summed E-state index contributed by atoms with van der Waals surface area (Å²) in [5.41, 5.74) is 2.25. The van der Waals surface area contributed by atoms with Gasteiger partial charge in [0.25, 0.3) is 0 Å². The van der Waals surface area contributed by atoms with E-state index in [2.05, 4.69) is 16.9 Å². The Bertz CT molecular complexity index is 991. The molecule has 3 rings (SSSR count). The summed E-state index contributed by atoms with van der Waals surface area (Å²) < 4.78 is 10.9. The first kappa shape index (κ1) is 18.2. The van der Waals surface area contributed by atoms with E-state index in [-0.39, 0.29) is 5.91 Å². The molecular weight excluding hydrogens is 340 g/mol. The van der Waals surface area contributed by atoms with Crippen molar-refractivity contribution in [3.63, 3.8) is 0 Å². The normalized spacial score (nSPS) is 10.7. The molecule has 5 heteroatoms. The van der Waals surface area contributed by atoms with Gasteiger partial charge in [0.1, 0.15) is 6.61 Å². The zero-order valence-corrected chi connectivity index (χ0v) is 15.0. The second-order valence-corrected chi connectivity index (χ2v) is 5.71. The van der Waals surface area contributed by atoms with Crippen molar-refractivity contribution >= 4 is 28.6 Å². The third-order valence-corrected chi connectivity index (χ3v) is 3.86. The van der Waals surface area contributed by atoms with Gasteiger partial charge in [0, 0.05) is 17.7 Å². The van der Waals surface area contributed by atoms with Crippen molar-refractivity contribution in [1.29, 1.82) is 0 Å². The fourth-order valence-electron chi connectivity index (χ4n) is 2.61. The molecule has 0 unspecified atom stereocenters. The summed E-state index contributed by atoms with van der Waals surface area (Å²) in [6.45, 7) is 4.02. The predicted molar refractivity (Wildman–Crippen MR) is 108 cm³/mol. The number of benzene rings is 2. The number of anilines is 1. The van der Waals surface area contributed by atoms with E-state index >= 15 is 0 Å². The van der Waals surface area contributed by atoms with Crippen LogP contribution in [-0.2, 0) is 4.79 Å². The van der Waals surface area contributed by atoms with Gasteiger partial charge >= 0.3 is 0 Å². The van der Waals surface area contributed by atoms with Gasteiger partial charge in [-0.1, -0.05) is 36.9 Å². The number of hydrogen-bond donors (Lipinski definition) is 1. The summed E-state index contributed by atoms with van der Waals surface area (Å²) in [5, 5.41) is 3.84. The monoisotopic (exact) mass is 360 g/mol. The van der Waals surface area contributed by atoms with Crippen molar-refractivity contribution in [3.05, 3.63) is 79.0 Å². The second-order valence-electron chi connectivity index (χ2n) is 5.71. The number of ether oxygens (including phenoxy) is 2. The first-order valence-electron chi connectivity index (χ1n) is 8.46. The lowest BCUT2D eigenvalue weighted by Gasteiger charge is -2.09. The molecule has 0 aliphatic heterocycles. The van der Waals surface area contributed by atoms with Crippen molar-refractivity contribution in [2.24, 2.45) is 0 Å². The standard InChI is InChI=1S/C22H20N2O3/c1-3-14-27-19-11-9-16(15-20(19)26-2)10-12-21(25)24-18-8-4-6-17-7-5-13-23-22(17)18/h3-13,15H,1,14H2,2H3,(H,24,25)/b12-10+. The van der Waals surface area contributed by atoms with E-state index in [9.17, 15) is 4.79 Å². The Morgan fingerprint density at radius 3 is 2.85 bits per heavy atom. The largest absolute Gasteiger partial charge is 0.493 e. The van der Waals surface area contributed by atoms with Gasteiger partial charge in [-0.2, -0.15) is 0 Å². The van der Waals surface area contributed by atoms with E-state index in [1.54, 1.807) is 31.5 Å². The van der Waals surface area contributed by atoms with E-state index in [1.807, 2.05) is 42.5 Å². The summed E-state index contributed by atoms with van der Waals surface area (Å²) in [6, 6.07) is 14.9. The average molecular weight is 360 g/mol. The molecule has 2 aromatic carbocycles. The minimum atomic E-state index is -0.237. The Balaban J connectivity index is 1.73. The van der Waals surface area contributed by atoms with Crippen LogP contribution in [0.1, 0.15) is 5.56 Å². The molecular formula is C22H20N2O3. The van der Waals surface area contributed by atoms with E-state index in [0.29, 0.717) is 23.8 Å². The lowest BCUT2D eigenvalue weighted by molar-refractivity contribution is -0.111. The van der Waals surface area contributed by atoms with Gasteiger partial charge in [-0.15, -0.1) is 0 Å². The molecule has 1 N–H and O–H groups in total. The highest BCUT2D eigenvalue weighted by atomic mass is 16.5. The second kappa shape index (κ2) is 8.67. The number of nitrogens with zero attached hydrogens (tertiary/aromatic N) is 1. The minimum Gasteiger partial charge on any atom is -0.493 e. The van der Waals surface area contributed by atoms with Crippen LogP contribution >= 0.6 is 0 Å². The number of fused-ring (bicyclic) bond motifs is 1. The molecule has 3 aromatic rings. The van der Waals surface area contributed by atoms with Crippen molar-refractivity contribution in [2.45, 2.75) is 0 Å². The maximum atomic E-state index is 12.3. The van der Waals surface area contributed by atoms with E-state index < -0.39 is 0 Å². The summed E-state index contributed by atoms with van der Waals surface area (Å²) in [5.74, 6) is 0.984. The summed E-state index contributed by atoms with van der Waals surface area (Å²) in [4.78, 5) is 16.6. The highest BCUT2D eigenvalue weighted by Gasteiger charge is 2.06. The van der Waals surface area contributed by atoms with Crippen LogP contribution in [0.15, 0.2) is 73.5 Å². The van der Waals surface area contributed by atoms with Crippen LogP contribution in [0.2, 0.25) is 0 Å². The number of carbonyl (C=O) groups excluding carboxylic acids is 1. The molecule has 0 radical (unpaired) electrons. The van der Waals surface area contributed by atoms with Crippen molar-refractivity contribution in [3.8, 4) is 11.5 Å². The van der Waals surface area contributed by atoms with Gasteiger partial charge in [-0.05, 0) is 35.9 Å². The number of carbonyl (C=O) groups is 1. The smallest absolute Gasteiger partial charge is 0.248 e. The van der Waals surface area contributed by atoms with Gasteiger partial charge < -0.3 is 14.8 Å². The lowest BCUT2D eigenvalue weighted by atomic mass is 10.1. The number of rotatable bonds is 7. The molecule has 1 amide bonds. The highest BCUT2D eigenvalue weighted by molar-refractivity contribution is 6.06. The van der Waals surface area contributed by atoms with Crippen LogP contribution in [0, 0.1) is 0 Å². The number of amides is 1. The Morgan fingerprint density at radius 1 is 1.19 bits per heavy atom. The van der Waals surface area contributed by atoms with Crippen LogP contribution in [0.25, 0.3) is 17.0 Å². The Hall–Kier alpha value is -3.60. The predicted octanol–water partition coefficient (Wildman–Crippen LogP) is 4.46. The number of pyridine rings is 1. The van der Waals surface area contributed by atoms with Gasteiger partial charge in [-0.25, -0.2) is 0 Å². The molecule has 136 valence electrons. The topological polar surface area (TPSA) is 60.5 Å². The summed E-state index contributed by atoms with van der Waals surface area (Å²) in [7, 11) is 1.57. The quantitative estimate of drug-likeness (QED) is 0.499. The Labute approximate surface area is 158 Å². The minimum absolute atomic E-state index is 0.237. The maximum Gasteiger partial charge on any atom is 0.248 e. The molecule has 1 aromatic heterocycles. The fourth-order valence-corrected chi connectivity index (χ4v) is 2.61. The number of nitrogens with one attached hydrogen (secondary N) is 1. The first-order chi connectivity index (χ1) is 13.2. The molecule has 0 aliphatic carbocycles. The van der Waals surface area contributed by atoms with Gasteiger partial charge in [-0.3, -0.25) is 9.78 Å². The highest BCUT2D eigenvalue weighted by Crippen LogP contribution is 2.28. The molecule has 27 heavy (non-hydrogen) atoms. The summed E-state index contributed by atoms with van der Waals surface area (Å²) in [6.07, 6.45) is 6.56. The van der Waals surface area contributed by atoms with E-state index in [1.165, 1.54) is 6.08 Å². The summed E-state index contributed by atoms with van der Waals surface area (Å²) >= 11 is 0. The molecule has 5 nitrogen and oxygen atoms in total. The average Bonchev–Trinajstić information content (AvgIpc) is 2.71. The zero-order valence-electron chi connectivity index (χ0n) is 15.0. The number of para-hydroxylation sites is 1. The number of aromatic nitrogens is 1. The third kappa shape index (κ3) is 4.52. The van der Waals surface area contributed by atoms with E-state index in [4.69, 9.17) is 9.47 Å². The Kier molecular flexibility index (Phi) is 5.84. The van der Waals surface area contributed by atoms with Crippen LogP contribution in [0.3, 0.4) is 0 Å². The van der Waals surface area contributed by atoms with Crippen molar-refractivity contribution in [1.82, 2.24) is 4.98 Å². The molecule has 0 spiro atoms. The van der Waals surface area contributed by atoms with Crippen LogP contribution < -0.4 is 14.8 Å². The van der Waals surface area contributed by atoms with Gasteiger partial charge in [0.2, 0.25) is 5.91 Å². The third-order valence-electron chi connectivity index (χ3n) is 3.86. The molecule has 0 aliphatic rings. The molecule has 0 bridgehead atoms. The van der Waals surface area contributed by atoms with Crippen LogP contribution in [0.4, 0.5) is 5.69 Å². The van der Waals surface area contributed by atoms with Gasteiger partial charge in [0.15, 0.2) is 11.5 Å². The number of methoxy groups -OCH3 is 1. The molecule has 1 heterocycles. The Morgan fingerprint density at radius 2 is 2.04 bits per heavy atom. The maximum absolute atomic E-state index is 12.3. The zero-order chi connectivity index (χ0) is 19.1. The number of hydrogen-bond acceptors (Lipinski definition) is 4. The molecule has 0 atom stereocenters. The fraction of sp³-hybridized carbons (Fsp3) is 0.0909. The molecule has 0 saturated carbocycles. The van der Waals surface area contributed by atoms with Crippen LogP contribution in [-0.4, -0.2) is 24.6 Å². The van der Waals surface area contributed by atoms with Crippen molar-refractivity contribution < 1.29 is 14.3 Å². The SMILES string of the molecule is C=CCOc1ccc(/C=C/C(=O)Nc2cccc3cccnc23)cc1OC. The lowest BCUT2D eigenvalue weighted by Crippen LogP contribution is -2.08. The first-order valence-corrected chi connectivity index (χ1v) is 8.46. The molecule has 0 saturated heterocycles. The van der Waals surface area contributed by atoms with Crippen molar-refractivity contribution in [2.75, 3.05) is 19.0 Å². The van der Waals surface area contributed by atoms with E-state index in [0.717, 1.165) is 16.5 Å².